The van der Waals surface area contributed by atoms with E-state index in [0.29, 0.717) is 31.9 Å². The van der Waals surface area contributed by atoms with Crippen molar-refractivity contribution in [3.63, 3.8) is 0 Å². The number of carbonyl (C=O) groups excluding carboxylic acids is 3. The van der Waals surface area contributed by atoms with Crippen LogP contribution in [-0.4, -0.2) is 81.9 Å². The summed E-state index contributed by atoms with van der Waals surface area (Å²) in [5.41, 5.74) is 1.74. The third-order valence-electron chi connectivity index (χ3n) is 10.1. The molecule has 3 aromatic carbocycles. The minimum absolute atomic E-state index is 0.0501. The number of amides is 2. The molecule has 272 valence electrons. The van der Waals surface area contributed by atoms with Crippen LogP contribution in [0.5, 0.6) is 0 Å². The molecule has 0 N–H and O–H groups in total. The van der Waals surface area contributed by atoms with Gasteiger partial charge in [0.1, 0.15) is 30.2 Å². The number of aromatic nitrogens is 2. The first-order valence-electron chi connectivity index (χ1n) is 17.4. The summed E-state index contributed by atoms with van der Waals surface area (Å²) in [5, 5.41) is 0. The van der Waals surface area contributed by atoms with Crippen LogP contribution < -0.4 is 0 Å². The Hall–Kier alpha value is -5.17. The van der Waals surface area contributed by atoms with Gasteiger partial charge in [-0.3, -0.25) is 14.5 Å². The molecule has 0 aliphatic carbocycles. The van der Waals surface area contributed by atoms with Crippen LogP contribution in [0, 0.1) is 23.5 Å². The second-order valence-electron chi connectivity index (χ2n) is 13.5. The maximum atomic E-state index is 16.2. The van der Waals surface area contributed by atoms with Crippen molar-refractivity contribution in [2.24, 2.45) is 11.8 Å². The van der Waals surface area contributed by atoms with Gasteiger partial charge in [-0.2, -0.15) is 0 Å². The van der Waals surface area contributed by atoms with Crippen LogP contribution in [-0.2, 0) is 37.0 Å². The quantitative estimate of drug-likeness (QED) is 0.193. The molecule has 0 saturated carbocycles. The third kappa shape index (κ3) is 7.27. The summed E-state index contributed by atoms with van der Waals surface area (Å²) in [5.74, 6) is -3.47. The minimum atomic E-state index is -1.57. The zero-order valence-corrected chi connectivity index (χ0v) is 28.6. The topological polar surface area (TPSA) is 103 Å². The van der Waals surface area contributed by atoms with Crippen molar-refractivity contribution < 1.29 is 41.8 Å². The highest BCUT2D eigenvalue weighted by Gasteiger charge is 2.58. The van der Waals surface area contributed by atoms with E-state index in [-0.39, 0.29) is 43.4 Å². The van der Waals surface area contributed by atoms with Crippen LogP contribution in [0.4, 0.5) is 18.0 Å². The number of imidazole rings is 1. The second kappa shape index (κ2) is 15.2. The molecule has 3 aliphatic rings. The van der Waals surface area contributed by atoms with Gasteiger partial charge in [-0.15, -0.1) is 0 Å². The lowest BCUT2D eigenvalue weighted by molar-refractivity contribution is -0.172. The molecule has 2 amide bonds. The van der Waals surface area contributed by atoms with Crippen LogP contribution in [0.15, 0.2) is 85.1 Å². The summed E-state index contributed by atoms with van der Waals surface area (Å²) in [7, 11) is 0. The molecular weight excluding hydrogens is 677 g/mol. The van der Waals surface area contributed by atoms with Crippen molar-refractivity contribution in [1.82, 2.24) is 19.4 Å². The lowest BCUT2D eigenvalue weighted by atomic mass is 9.83. The van der Waals surface area contributed by atoms with E-state index < -0.39 is 59.9 Å². The summed E-state index contributed by atoms with van der Waals surface area (Å²) < 4.78 is 64.5. The number of alkyl halides is 1. The van der Waals surface area contributed by atoms with Crippen LogP contribution in [0.2, 0.25) is 0 Å². The molecule has 3 saturated heterocycles. The maximum absolute atomic E-state index is 16.2. The van der Waals surface area contributed by atoms with Crippen LogP contribution in [0.3, 0.4) is 0 Å². The summed E-state index contributed by atoms with van der Waals surface area (Å²) in [6.45, 7) is 1.72. The van der Waals surface area contributed by atoms with Crippen molar-refractivity contribution in [2.75, 3.05) is 26.3 Å². The molecule has 10 nitrogen and oxygen atoms in total. The maximum Gasteiger partial charge on any atom is 0.410 e. The Morgan fingerprint density at radius 1 is 0.962 bits per heavy atom. The molecule has 7 rings (SSSR count). The number of rotatable bonds is 9. The Labute approximate surface area is 299 Å². The number of likely N-dealkylation sites (tertiary alicyclic amines) is 2. The molecular formula is C39H39F3N4O6. The fourth-order valence-corrected chi connectivity index (χ4v) is 7.71. The normalized spacial score (nSPS) is 22.6. The van der Waals surface area contributed by atoms with Crippen LogP contribution in [0.1, 0.15) is 42.8 Å². The molecule has 2 unspecified atom stereocenters. The van der Waals surface area contributed by atoms with Crippen molar-refractivity contribution in [2.45, 2.75) is 57.3 Å². The first-order valence-corrected chi connectivity index (χ1v) is 17.4. The third-order valence-corrected chi connectivity index (χ3v) is 10.1. The average molecular weight is 717 g/mol. The molecule has 4 heterocycles. The number of halogens is 3. The first kappa shape index (κ1) is 35.2. The molecule has 5 atom stereocenters. The zero-order valence-electron chi connectivity index (χ0n) is 28.6. The SMILES string of the molecule is CC(=O)O[C@@H]1C(=O)N([C@@H](c2nc(-c3cc(F)ccc3F)cn2Cc2ccccc2)C2CCOCC2)CC2C1N(C(=O)OCc1ccccc1)C[C@@H]2F. The molecule has 13 heteroatoms. The number of hydrogen-bond acceptors (Lipinski definition) is 7. The van der Waals surface area contributed by atoms with E-state index in [0.717, 1.165) is 41.1 Å². The Bertz CT molecular complexity index is 1900. The van der Waals surface area contributed by atoms with E-state index in [1.807, 2.05) is 41.0 Å². The number of ether oxygens (including phenoxy) is 3. The molecule has 0 bridgehead atoms. The number of nitrogens with zero attached hydrogens (tertiary/aromatic N) is 4. The molecule has 3 fully saturated rings. The lowest BCUT2D eigenvalue weighted by Gasteiger charge is -2.46. The highest BCUT2D eigenvalue weighted by atomic mass is 19.1. The Morgan fingerprint density at radius 3 is 2.35 bits per heavy atom. The summed E-state index contributed by atoms with van der Waals surface area (Å²) >= 11 is 0. The summed E-state index contributed by atoms with van der Waals surface area (Å²) in [6, 6.07) is 19.7. The predicted molar refractivity (Wildman–Crippen MR) is 182 cm³/mol. The fraction of sp³-hybridized carbons (Fsp3) is 0.385. The van der Waals surface area contributed by atoms with E-state index in [1.165, 1.54) is 4.90 Å². The van der Waals surface area contributed by atoms with Crippen molar-refractivity contribution in [1.29, 1.82) is 0 Å². The molecule has 1 aromatic heterocycles. The molecule has 3 aliphatic heterocycles. The first-order chi connectivity index (χ1) is 25.2. The largest absolute Gasteiger partial charge is 0.450 e. The monoisotopic (exact) mass is 716 g/mol. The van der Waals surface area contributed by atoms with Crippen molar-refractivity contribution in [3.8, 4) is 11.3 Å². The second-order valence-corrected chi connectivity index (χ2v) is 13.5. The zero-order chi connectivity index (χ0) is 36.4. The van der Waals surface area contributed by atoms with Gasteiger partial charge in [-0.25, -0.2) is 22.9 Å². The molecule has 0 radical (unpaired) electrons. The van der Waals surface area contributed by atoms with E-state index in [1.54, 1.807) is 30.5 Å². The molecule has 0 spiro atoms. The summed E-state index contributed by atoms with van der Waals surface area (Å²) in [6.07, 6.45) is -1.23. The van der Waals surface area contributed by atoms with E-state index >= 15 is 8.78 Å². The predicted octanol–water partition coefficient (Wildman–Crippen LogP) is 6.09. The summed E-state index contributed by atoms with van der Waals surface area (Å²) in [4.78, 5) is 48.2. The number of fused-ring (bicyclic) bond motifs is 1. The smallest absolute Gasteiger partial charge is 0.410 e. The Balaban J connectivity index is 1.28. The lowest BCUT2D eigenvalue weighted by Crippen LogP contribution is -2.62. The number of esters is 1. The van der Waals surface area contributed by atoms with Crippen molar-refractivity contribution >= 4 is 18.0 Å². The highest BCUT2D eigenvalue weighted by Crippen LogP contribution is 2.43. The number of benzene rings is 3. The Morgan fingerprint density at radius 2 is 1.65 bits per heavy atom. The van der Waals surface area contributed by atoms with Gasteiger partial charge in [0.05, 0.1) is 24.3 Å². The van der Waals surface area contributed by atoms with Crippen molar-refractivity contribution in [3.05, 3.63) is 114 Å². The van der Waals surface area contributed by atoms with Gasteiger partial charge < -0.3 is 23.7 Å². The standard InChI is InChI=1S/C39H39F3N4O6/c1-24(47)52-36-35-30(32(42)21-46(35)39(49)51-23-26-10-6-3-7-11-26)20-45(38(36)48)34(27-14-16-50-17-15-27)37-43-33(29-18-28(40)12-13-31(29)41)22-44(37)19-25-8-4-2-5-9-25/h2-13,18,22,27,30,32,34-36H,14-17,19-21,23H2,1H3/t30?,32-,34+,35?,36-/m0/s1. The van der Waals surface area contributed by atoms with E-state index in [4.69, 9.17) is 19.2 Å². The number of piperidine rings is 1. The van der Waals surface area contributed by atoms with Gasteiger partial charge >= 0.3 is 12.1 Å². The van der Waals surface area contributed by atoms with Crippen LogP contribution >= 0.6 is 0 Å². The highest BCUT2D eigenvalue weighted by molar-refractivity contribution is 5.87. The van der Waals surface area contributed by atoms with Gasteiger partial charge in [-0.05, 0) is 48.1 Å². The average Bonchev–Trinajstić information content (AvgIpc) is 3.71. The Kier molecular flexibility index (Phi) is 10.3. The van der Waals surface area contributed by atoms with Gasteiger partial charge in [0, 0.05) is 50.9 Å². The van der Waals surface area contributed by atoms with Gasteiger partial charge in [-0.1, -0.05) is 60.7 Å². The minimum Gasteiger partial charge on any atom is -0.450 e. The molecule has 52 heavy (non-hydrogen) atoms. The van der Waals surface area contributed by atoms with Gasteiger partial charge in [0.15, 0.2) is 0 Å². The fourth-order valence-electron chi connectivity index (χ4n) is 7.71. The molecule has 4 aromatic rings. The van der Waals surface area contributed by atoms with Gasteiger partial charge in [0.25, 0.3) is 5.91 Å². The van der Waals surface area contributed by atoms with E-state index in [9.17, 15) is 18.8 Å². The van der Waals surface area contributed by atoms with E-state index in [2.05, 4.69) is 0 Å². The van der Waals surface area contributed by atoms with Gasteiger partial charge in [0.2, 0.25) is 6.10 Å². The van der Waals surface area contributed by atoms with Crippen LogP contribution in [0.25, 0.3) is 11.3 Å². The number of hydrogen-bond donors (Lipinski definition) is 0. The number of carbonyl (C=O) groups is 3.